The number of amides is 1. The Morgan fingerprint density at radius 1 is 1.16 bits per heavy atom. The molecule has 1 saturated heterocycles. The molecule has 1 fully saturated rings. The standard InChI is InChI=1S/C23H25N5O3/c1-26(10-16-5-8-31-15-16)13-18-3-4-20-19-9-17(12-28(20)22(18)29)11-27(14-19)23(30)21-24-6-2-7-25-21/h2-8,15,17,19H,9-14H2,1H3/t17-,19+/m0/s1. The zero-order valence-corrected chi connectivity index (χ0v) is 17.5. The van der Waals surface area contributed by atoms with Gasteiger partial charge in [0.25, 0.3) is 11.5 Å². The number of aromatic nitrogens is 3. The van der Waals surface area contributed by atoms with Crippen LogP contribution in [-0.4, -0.2) is 50.4 Å². The molecule has 0 aliphatic carbocycles. The molecule has 5 rings (SSSR count). The fraction of sp³-hybridized carbons (Fsp3) is 0.391. The topological polar surface area (TPSA) is 84.5 Å². The van der Waals surface area contributed by atoms with E-state index in [4.69, 9.17) is 4.42 Å². The molecule has 0 radical (unpaired) electrons. The first-order chi connectivity index (χ1) is 15.1. The molecule has 8 heteroatoms. The van der Waals surface area contributed by atoms with E-state index in [2.05, 4.69) is 20.9 Å². The highest BCUT2D eigenvalue weighted by Crippen LogP contribution is 2.35. The molecule has 8 nitrogen and oxygen atoms in total. The molecule has 0 N–H and O–H groups in total. The van der Waals surface area contributed by atoms with Gasteiger partial charge in [0.1, 0.15) is 0 Å². The lowest BCUT2D eigenvalue weighted by Gasteiger charge is -2.42. The maximum absolute atomic E-state index is 13.2. The van der Waals surface area contributed by atoms with Crippen LogP contribution in [0.25, 0.3) is 0 Å². The second-order valence-electron chi connectivity index (χ2n) is 8.58. The van der Waals surface area contributed by atoms with Gasteiger partial charge in [0.05, 0.1) is 12.5 Å². The Morgan fingerprint density at radius 2 is 2.00 bits per heavy atom. The van der Waals surface area contributed by atoms with Crippen molar-refractivity contribution in [2.24, 2.45) is 5.92 Å². The highest BCUT2D eigenvalue weighted by Gasteiger charge is 2.37. The maximum Gasteiger partial charge on any atom is 0.291 e. The van der Waals surface area contributed by atoms with Crippen LogP contribution in [0.15, 0.2) is 58.4 Å². The van der Waals surface area contributed by atoms with Gasteiger partial charge in [0.15, 0.2) is 0 Å². The Kier molecular flexibility index (Phi) is 5.15. The third kappa shape index (κ3) is 3.90. The summed E-state index contributed by atoms with van der Waals surface area (Å²) in [6.45, 7) is 3.16. The van der Waals surface area contributed by atoms with Gasteiger partial charge in [-0.05, 0) is 37.6 Å². The average Bonchev–Trinajstić information content (AvgIpc) is 3.29. The smallest absolute Gasteiger partial charge is 0.291 e. The minimum atomic E-state index is -0.136. The van der Waals surface area contributed by atoms with E-state index in [0.29, 0.717) is 26.2 Å². The number of pyridine rings is 1. The van der Waals surface area contributed by atoms with Crippen LogP contribution in [0, 0.1) is 5.92 Å². The van der Waals surface area contributed by atoms with Gasteiger partial charge < -0.3 is 13.9 Å². The van der Waals surface area contributed by atoms with Crippen LogP contribution in [-0.2, 0) is 19.6 Å². The van der Waals surface area contributed by atoms with Gasteiger partial charge in [0, 0.05) is 67.9 Å². The zero-order chi connectivity index (χ0) is 21.4. The number of carbonyl (C=O) groups is 1. The molecule has 0 saturated carbocycles. The molecule has 5 heterocycles. The van der Waals surface area contributed by atoms with Crippen LogP contribution in [0.5, 0.6) is 0 Å². The number of hydrogen-bond donors (Lipinski definition) is 0. The Hall–Kier alpha value is -3.26. The second kappa shape index (κ2) is 8.11. The van der Waals surface area contributed by atoms with Crippen molar-refractivity contribution in [2.45, 2.75) is 32.0 Å². The molecule has 3 aromatic heterocycles. The summed E-state index contributed by atoms with van der Waals surface area (Å²) in [6, 6.07) is 7.65. The number of fused-ring (bicyclic) bond motifs is 4. The van der Waals surface area contributed by atoms with Crippen molar-refractivity contribution in [2.75, 3.05) is 20.1 Å². The van der Waals surface area contributed by atoms with Gasteiger partial charge >= 0.3 is 0 Å². The summed E-state index contributed by atoms with van der Waals surface area (Å²) in [4.78, 5) is 38.2. The van der Waals surface area contributed by atoms with Crippen LogP contribution < -0.4 is 5.56 Å². The average molecular weight is 419 g/mol. The highest BCUT2D eigenvalue weighted by molar-refractivity contribution is 5.90. The third-order valence-electron chi connectivity index (χ3n) is 6.20. The summed E-state index contributed by atoms with van der Waals surface area (Å²) in [5, 5.41) is 0. The first-order valence-corrected chi connectivity index (χ1v) is 10.6. The van der Waals surface area contributed by atoms with Crippen molar-refractivity contribution in [3.05, 3.63) is 82.2 Å². The van der Waals surface area contributed by atoms with Crippen molar-refractivity contribution in [1.82, 2.24) is 24.3 Å². The van der Waals surface area contributed by atoms with Crippen LogP contribution >= 0.6 is 0 Å². The van der Waals surface area contributed by atoms with Gasteiger partial charge in [-0.1, -0.05) is 6.07 Å². The Balaban J connectivity index is 1.34. The largest absolute Gasteiger partial charge is 0.472 e. The number of piperidine rings is 1. The summed E-state index contributed by atoms with van der Waals surface area (Å²) in [5.41, 5.74) is 2.98. The Morgan fingerprint density at radius 3 is 2.77 bits per heavy atom. The molecule has 0 unspecified atom stereocenters. The first-order valence-electron chi connectivity index (χ1n) is 10.6. The summed E-state index contributed by atoms with van der Waals surface area (Å²) >= 11 is 0. The Labute approximate surface area is 180 Å². The number of furan rings is 1. The van der Waals surface area contributed by atoms with Gasteiger partial charge in [-0.2, -0.15) is 0 Å². The van der Waals surface area contributed by atoms with Gasteiger partial charge in [0.2, 0.25) is 5.82 Å². The number of likely N-dealkylation sites (tertiary alicyclic amines) is 1. The molecule has 1 amide bonds. The molecule has 2 aliphatic heterocycles. The van der Waals surface area contributed by atoms with E-state index in [9.17, 15) is 9.59 Å². The lowest BCUT2D eigenvalue weighted by Crippen LogP contribution is -2.49. The molecule has 2 aliphatic rings. The number of carbonyl (C=O) groups excluding carboxylic acids is 1. The van der Waals surface area contributed by atoms with Gasteiger partial charge in [-0.25, -0.2) is 9.97 Å². The van der Waals surface area contributed by atoms with Crippen molar-refractivity contribution in [1.29, 1.82) is 0 Å². The fourth-order valence-corrected chi connectivity index (χ4v) is 4.87. The molecule has 0 aromatic carbocycles. The minimum Gasteiger partial charge on any atom is -0.472 e. The predicted octanol–water partition coefficient (Wildman–Crippen LogP) is 2.12. The molecule has 31 heavy (non-hydrogen) atoms. The third-order valence-corrected chi connectivity index (χ3v) is 6.20. The molecular weight excluding hydrogens is 394 g/mol. The highest BCUT2D eigenvalue weighted by atomic mass is 16.3. The van der Waals surface area contributed by atoms with E-state index >= 15 is 0 Å². The van der Waals surface area contributed by atoms with Gasteiger partial charge in [-0.15, -0.1) is 0 Å². The Bertz CT molecular complexity index is 1130. The van der Waals surface area contributed by atoms with E-state index in [1.165, 1.54) is 0 Å². The lowest BCUT2D eigenvalue weighted by molar-refractivity contribution is 0.0582. The van der Waals surface area contributed by atoms with Crippen LogP contribution in [0.4, 0.5) is 0 Å². The first kappa shape index (κ1) is 19.7. The summed E-state index contributed by atoms with van der Waals surface area (Å²) in [6.07, 6.45) is 7.56. The predicted molar refractivity (Wildman–Crippen MR) is 113 cm³/mol. The fourth-order valence-electron chi connectivity index (χ4n) is 4.87. The molecular formula is C23H25N5O3. The lowest BCUT2D eigenvalue weighted by atomic mass is 9.83. The zero-order valence-electron chi connectivity index (χ0n) is 17.5. The van der Waals surface area contributed by atoms with Gasteiger partial charge in [-0.3, -0.25) is 14.5 Å². The number of rotatable bonds is 5. The molecule has 2 bridgehead atoms. The van der Waals surface area contributed by atoms with E-state index in [-0.39, 0.29) is 29.1 Å². The molecule has 0 spiro atoms. The van der Waals surface area contributed by atoms with Crippen molar-refractivity contribution in [3.63, 3.8) is 0 Å². The van der Waals surface area contributed by atoms with E-state index in [1.54, 1.807) is 31.0 Å². The number of hydrogen-bond acceptors (Lipinski definition) is 6. The van der Waals surface area contributed by atoms with Crippen molar-refractivity contribution >= 4 is 5.91 Å². The van der Waals surface area contributed by atoms with E-state index in [0.717, 1.165) is 29.8 Å². The quantitative estimate of drug-likeness (QED) is 0.630. The maximum atomic E-state index is 13.2. The SMILES string of the molecule is CN(Cc1ccoc1)Cc1ccc2n(c1=O)C[C@H]1C[C@@H]2CN(C(=O)c2ncccn2)C1. The molecule has 2 atom stereocenters. The van der Waals surface area contributed by atoms with Crippen molar-refractivity contribution in [3.8, 4) is 0 Å². The summed E-state index contributed by atoms with van der Waals surface area (Å²) < 4.78 is 7.06. The summed E-state index contributed by atoms with van der Waals surface area (Å²) in [5.74, 6) is 0.514. The van der Waals surface area contributed by atoms with Crippen molar-refractivity contribution < 1.29 is 9.21 Å². The van der Waals surface area contributed by atoms with Crippen LogP contribution in [0.2, 0.25) is 0 Å². The summed E-state index contributed by atoms with van der Waals surface area (Å²) in [7, 11) is 2.00. The van der Waals surface area contributed by atoms with E-state index in [1.807, 2.05) is 28.6 Å². The monoisotopic (exact) mass is 419 g/mol. The van der Waals surface area contributed by atoms with Crippen LogP contribution in [0.1, 0.15) is 39.8 Å². The molecule has 160 valence electrons. The van der Waals surface area contributed by atoms with E-state index < -0.39 is 0 Å². The van der Waals surface area contributed by atoms with Crippen LogP contribution in [0.3, 0.4) is 0 Å². The minimum absolute atomic E-state index is 0.0809. The normalized spacial score (nSPS) is 20.0. The number of nitrogens with zero attached hydrogens (tertiary/aromatic N) is 5. The molecule has 3 aromatic rings. The second-order valence-corrected chi connectivity index (χ2v) is 8.58.